The van der Waals surface area contributed by atoms with E-state index in [1.807, 2.05) is 28.8 Å². The number of likely N-dealkylation sites (tertiary alicyclic amines) is 1. The van der Waals surface area contributed by atoms with Gasteiger partial charge in [0, 0.05) is 37.4 Å². The Bertz CT molecular complexity index is 896. The molecule has 1 spiro atoms. The number of aliphatic carboxylic acids is 1. The maximum atomic E-state index is 12.3. The third-order valence-corrected chi connectivity index (χ3v) is 6.27. The molecule has 8 nitrogen and oxygen atoms in total. The molecule has 1 N–H and O–H groups in total. The lowest BCUT2D eigenvalue weighted by Crippen LogP contribution is -2.60. The Morgan fingerprint density at radius 3 is 2.42 bits per heavy atom. The van der Waals surface area contributed by atoms with Gasteiger partial charge in [-0.2, -0.15) is 13.2 Å². The lowest BCUT2D eigenvalue weighted by molar-refractivity contribution is -0.192. The van der Waals surface area contributed by atoms with Crippen LogP contribution in [0.25, 0.3) is 0 Å². The molecule has 0 saturated carbocycles. The lowest BCUT2D eigenvalue weighted by Gasteiger charge is -2.47. The first-order chi connectivity index (χ1) is 14.7. The van der Waals surface area contributed by atoms with Crippen molar-refractivity contribution in [2.24, 2.45) is 0 Å². The SMILES string of the molecule is O=C(O)C(F)(F)F.O=C(c1ccncn1)N1CC2(CC(OCc3ccncc3)CS2)C1. The van der Waals surface area contributed by atoms with Crippen LogP contribution in [-0.2, 0) is 16.1 Å². The van der Waals surface area contributed by atoms with Crippen molar-refractivity contribution < 1.29 is 32.6 Å². The van der Waals surface area contributed by atoms with Gasteiger partial charge in [-0.05, 0) is 30.2 Å². The van der Waals surface area contributed by atoms with Gasteiger partial charge in [0.15, 0.2) is 0 Å². The normalized spacial score (nSPS) is 19.3. The van der Waals surface area contributed by atoms with Crippen molar-refractivity contribution in [3.8, 4) is 0 Å². The van der Waals surface area contributed by atoms with E-state index in [4.69, 9.17) is 14.6 Å². The smallest absolute Gasteiger partial charge is 0.475 e. The Kier molecular flexibility index (Phi) is 7.11. The Labute approximate surface area is 179 Å². The molecule has 2 aromatic heterocycles. The van der Waals surface area contributed by atoms with E-state index in [1.165, 1.54) is 6.33 Å². The minimum Gasteiger partial charge on any atom is -0.475 e. The van der Waals surface area contributed by atoms with Gasteiger partial charge in [0.1, 0.15) is 12.0 Å². The first kappa shape index (κ1) is 22.9. The van der Waals surface area contributed by atoms with Crippen LogP contribution in [-0.4, -0.2) is 72.7 Å². The van der Waals surface area contributed by atoms with Gasteiger partial charge < -0.3 is 14.7 Å². The number of nitrogens with zero attached hydrogens (tertiary/aromatic N) is 4. The molecule has 0 bridgehead atoms. The molecule has 2 fully saturated rings. The number of carboxylic acid groups (broad SMARTS) is 1. The van der Waals surface area contributed by atoms with E-state index in [1.54, 1.807) is 24.7 Å². The molecule has 4 rings (SSSR count). The molecule has 0 aliphatic carbocycles. The quantitative estimate of drug-likeness (QED) is 0.748. The van der Waals surface area contributed by atoms with Crippen LogP contribution in [0.5, 0.6) is 0 Å². The molecule has 1 amide bonds. The average Bonchev–Trinajstić information content (AvgIpc) is 3.17. The van der Waals surface area contributed by atoms with Crippen LogP contribution < -0.4 is 0 Å². The highest BCUT2D eigenvalue weighted by Gasteiger charge is 2.51. The fourth-order valence-corrected chi connectivity index (χ4v) is 4.75. The largest absolute Gasteiger partial charge is 0.490 e. The number of aromatic nitrogens is 3. The Morgan fingerprint density at radius 2 is 1.84 bits per heavy atom. The predicted octanol–water partition coefficient (Wildman–Crippen LogP) is 2.42. The number of rotatable bonds is 4. The number of pyridine rings is 1. The minimum absolute atomic E-state index is 0.00946. The van der Waals surface area contributed by atoms with Crippen LogP contribution in [0.3, 0.4) is 0 Å². The molecular formula is C19H19F3N4O4S. The first-order valence-corrected chi connectivity index (χ1v) is 10.2. The minimum atomic E-state index is -5.08. The zero-order valence-corrected chi connectivity index (χ0v) is 17.0. The van der Waals surface area contributed by atoms with Crippen molar-refractivity contribution in [3.63, 3.8) is 0 Å². The van der Waals surface area contributed by atoms with Gasteiger partial charge in [-0.15, -0.1) is 11.8 Å². The second-order valence-corrected chi connectivity index (χ2v) is 8.53. The molecule has 1 atom stereocenters. The first-order valence-electron chi connectivity index (χ1n) is 9.18. The summed E-state index contributed by atoms with van der Waals surface area (Å²) < 4.78 is 37.9. The molecule has 2 saturated heterocycles. The Morgan fingerprint density at radius 1 is 1.19 bits per heavy atom. The van der Waals surface area contributed by atoms with Crippen molar-refractivity contribution in [2.75, 3.05) is 18.8 Å². The summed E-state index contributed by atoms with van der Waals surface area (Å²) in [5.74, 6) is -1.78. The molecule has 0 radical (unpaired) electrons. The van der Waals surface area contributed by atoms with E-state index in [0.29, 0.717) is 12.3 Å². The molecule has 2 aliphatic heterocycles. The van der Waals surface area contributed by atoms with Crippen LogP contribution in [0.2, 0.25) is 0 Å². The van der Waals surface area contributed by atoms with Crippen molar-refractivity contribution >= 4 is 23.6 Å². The van der Waals surface area contributed by atoms with Gasteiger partial charge in [0.2, 0.25) is 0 Å². The summed E-state index contributed by atoms with van der Waals surface area (Å²) in [6.45, 7) is 2.17. The van der Waals surface area contributed by atoms with Crippen molar-refractivity contribution in [2.45, 2.75) is 30.1 Å². The molecule has 1 unspecified atom stereocenters. The van der Waals surface area contributed by atoms with E-state index in [0.717, 1.165) is 30.8 Å². The summed E-state index contributed by atoms with van der Waals surface area (Å²) in [6.07, 6.45) is 2.74. The van der Waals surface area contributed by atoms with E-state index >= 15 is 0 Å². The number of carbonyl (C=O) groups excluding carboxylic acids is 1. The van der Waals surface area contributed by atoms with Crippen molar-refractivity contribution in [1.29, 1.82) is 0 Å². The van der Waals surface area contributed by atoms with E-state index < -0.39 is 12.1 Å². The summed E-state index contributed by atoms with van der Waals surface area (Å²) in [7, 11) is 0. The number of carbonyl (C=O) groups is 2. The summed E-state index contributed by atoms with van der Waals surface area (Å²) in [5, 5.41) is 7.12. The highest BCUT2D eigenvalue weighted by molar-refractivity contribution is 8.01. The third-order valence-electron chi connectivity index (χ3n) is 4.70. The number of amides is 1. The molecule has 2 aromatic rings. The zero-order chi connectivity index (χ0) is 22.5. The summed E-state index contributed by atoms with van der Waals surface area (Å²) in [6, 6.07) is 5.61. The third kappa shape index (κ3) is 6.14. The van der Waals surface area contributed by atoms with E-state index in [-0.39, 0.29) is 16.8 Å². The molecule has 166 valence electrons. The summed E-state index contributed by atoms with van der Waals surface area (Å²) >= 11 is 1.93. The fraction of sp³-hybridized carbons (Fsp3) is 0.421. The van der Waals surface area contributed by atoms with Gasteiger partial charge in [-0.1, -0.05) is 0 Å². The maximum absolute atomic E-state index is 12.3. The van der Waals surface area contributed by atoms with Crippen molar-refractivity contribution in [1.82, 2.24) is 19.9 Å². The Balaban J connectivity index is 0.000000339. The highest BCUT2D eigenvalue weighted by atomic mass is 32.2. The Hall–Kier alpha value is -2.73. The second-order valence-electron chi connectivity index (χ2n) is 7.05. The molecule has 31 heavy (non-hydrogen) atoms. The topological polar surface area (TPSA) is 106 Å². The fourth-order valence-electron chi connectivity index (χ4n) is 3.20. The standard InChI is InChI=1S/C17H18N4O2S.C2HF3O2/c22-16(15-3-6-19-12-20-15)21-10-17(11-21)7-14(9-24-17)23-8-13-1-4-18-5-2-13;3-2(4,5)1(6)7/h1-6,12,14H,7-11H2;(H,6,7). The van der Waals surface area contributed by atoms with Gasteiger partial charge in [0.05, 0.1) is 17.5 Å². The number of halogens is 3. The molecule has 2 aliphatic rings. The number of thioether (sulfide) groups is 1. The van der Waals surface area contributed by atoms with Crippen LogP contribution in [0.4, 0.5) is 13.2 Å². The van der Waals surface area contributed by atoms with Gasteiger partial charge in [-0.3, -0.25) is 9.78 Å². The van der Waals surface area contributed by atoms with Gasteiger partial charge in [-0.25, -0.2) is 14.8 Å². The van der Waals surface area contributed by atoms with Crippen LogP contribution >= 0.6 is 11.8 Å². The molecule has 4 heterocycles. The van der Waals surface area contributed by atoms with Gasteiger partial charge in [0.25, 0.3) is 5.91 Å². The molecular weight excluding hydrogens is 437 g/mol. The number of alkyl halides is 3. The molecule has 12 heteroatoms. The molecule has 0 aromatic carbocycles. The van der Waals surface area contributed by atoms with Crippen LogP contribution in [0, 0.1) is 0 Å². The summed E-state index contributed by atoms with van der Waals surface area (Å²) in [5.41, 5.74) is 1.61. The van der Waals surface area contributed by atoms with E-state index in [2.05, 4.69) is 15.0 Å². The number of carboxylic acids is 1. The number of ether oxygens (including phenoxy) is 1. The van der Waals surface area contributed by atoms with Crippen molar-refractivity contribution in [3.05, 3.63) is 54.4 Å². The lowest BCUT2D eigenvalue weighted by atomic mass is 9.92. The van der Waals surface area contributed by atoms with Crippen LogP contribution in [0.1, 0.15) is 22.5 Å². The van der Waals surface area contributed by atoms with E-state index in [9.17, 15) is 18.0 Å². The predicted molar refractivity (Wildman–Crippen MR) is 104 cm³/mol. The maximum Gasteiger partial charge on any atom is 0.490 e. The number of hydrogen-bond acceptors (Lipinski definition) is 7. The summed E-state index contributed by atoms with van der Waals surface area (Å²) in [4.78, 5) is 35.0. The zero-order valence-electron chi connectivity index (χ0n) is 16.2. The average molecular weight is 456 g/mol. The number of hydrogen-bond donors (Lipinski definition) is 1. The van der Waals surface area contributed by atoms with Gasteiger partial charge >= 0.3 is 12.1 Å². The second kappa shape index (κ2) is 9.60. The monoisotopic (exact) mass is 456 g/mol. The van der Waals surface area contributed by atoms with Crippen LogP contribution in [0.15, 0.2) is 43.1 Å². The highest BCUT2D eigenvalue weighted by Crippen LogP contribution is 2.46.